The molecule has 2 bridgehead atoms. The molecule has 162 valence electrons. The number of imide groups is 1. The number of hydrogen-bond donors (Lipinski definition) is 0. The number of carbonyl (C=O) groups is 3. The molecular weight excluding hydrogens is 410 g/mol. The number of anilines is 1. The highest BCUT2D eigenvalue weighted by Gasteiger charge is 2.68. The van der Waals surface area contributed by atoms with Gasteiger partial charge in [0.15, 0.2) is 0 Å². The molecule has 32 heavy (non-hydrogen) atoms. The standard InChI is InChI=1S/C24H21N3O5/c1-14-3-5-16(6-4-14)25-26-17-7-9-18(10-8-17)27-22(29)20-19-11-12-24(32-19,13-31-15(2)28)21(20)23(27)30/h3-12,19-21H,13H2,1-2H3/t19-,20-,21+,24-/m1/s1. The minimum Gasteiger partial charge on any atom is -0.462 e. The van der Waals surface area contributed by atoms with Crippen molar-refractivity contribution in [3.63, 3.8) is 0 Å². The third-order valence-corrected chi connectivity index (χ3v) is 6.08. The summed E-state index contributed by atoms with van der Waals surface area (Å²) in [5, 5.41) is 8.42. The lowest BCUT2D eigenvalue weighted by atomic mass is 9.77. The molecule has 0 saturated carbocycles. The van der Waals surface area contributed by atoms with E-state index < -0.39 is 29.5 Å². The maximum Gasteiger partial charge on any atom is 0.302 e. The molecule has 0 aliphatic carbocycles. The smallest absolute Gasteiger partial charge is 0.302 e. The summed E-state index contributed by atoms with van der Waals surface area (Å²) in [4.78, 5) is 38.9. The maximum absolute atomic E-state index is 13.3. The third-order valence-electron chi connectivity index (χ3n) is 6.08. The van der Waals surface area contributed by atoms with Crippen LogP contribution in [0.3, 0.4) is 0 Å². The highest BCUT2D eigenvalue weighted by atomic mass is 16.6. The Hall–Kier alpha value is -3.65. The van der Waals surface area contributed by atoms with Crippen LogP contribution in [-0.2, 0) is 23.9 Å². The van der Waals surface area contributed by atoms with Crippen LogP contribution in [0.1, 0.15) is 12.5 Å². The summed E-state index contributed by atoms with van der Waals surface area (Å²) in [5.74, 6) is -2.47. The quantitative estimate of drug-likeness (QED) is 0.311. The molecule has 0 N–H and O–H groups in total. The first-order valence-electron chi connectivity index (χ1n) is 10.3. The molecule has 0 spiro atoms. The zero-order chi connectivity index (χ0) is 22.5. The Morgan fingerprint density at radius 3 is 2.28 bits per heavy atom. The Kier molecular flexibility index (Phi) is 4.74. The van der Waals surface area contributed by atoms with Gasteiger partial charge < -0.3 is 9.47 Å². The van der Waals surface area contributed by atoms with Gasteiger partial charge in [-0.25, -0.2) is 4.90 Å². The number of carbonyl (C=O) groups excluding carboxylic acids is 3. The van der Waals surface area contributed by atoms with Crippen LogP contribution < -0.4 is 4.90 Å². The summed E-state index contributed by atoms with van der Waals surface area (Å²) in [6.07, 6.45) is 3.01. The van der Waals surface area contributed by atoms with E-state index in [-0.39, 0.29) is 18.4 Å². The highest BCUT2D eigenvalue weighted by Crippen LogP contribution is 2.52. The number of rotatable bonds is 5. The van der Waals surface area contributed by atoms with E-state index in [2.05, 4.69) is 10.2 Å². The molecule has 3 heterocycles. The summed E-state index contributed by atoms with van der Waals surface area (Å²) < 4.78 is 11.1. The summed E-state index contributed by atoms with van der Waals surface area (Å²) in [7, 11) is 0. The molecule has 5 rings (SSSR count). The summed E-state index contributed by atoms with van der Waals surface area (Å²) >= 11 is 0. The molecule has 2 fully saturated rings. The van der Waals surface area contributed by atoms with Gasteiger partial charge in [-0.1, -0.05) is 23.8 Å². The van der Waals surface area contributed by atoms with Crippen molar-refractivity contribution in [2.75, 3.05) is 11.5 Å². The SMILES string of the molecule is CC(=O)OC[C@@]12C=C[C@@H](O1)[C@H]1C(=O)N(c3ccc(N=Nc4ccc(C)cc4)cc3)C(=O)[C@H]12. The van der Waals surface area contributed by atoms with Gasteiger partial charge in [0.2, 0.25) is 11.8 Å². The van der Waals surface area contributed by atoms with Crippen molar-refractivity contribution in [2.45, 2.75) is 25.6 Å². The normalized spacial score (nSPS) is 28.1. The van der Waals surface area contributed by atoms with Crippen molar-refractivity contribution in [1.82, 2.24) is 0 Å². The number of fused-ring (bicyclic) bond motifs is 5. The fourth-order valence-corrected chi connectivity index (χ4v) is 4.53. The molecule has 0 unspecified atom stereocenters. The molecule has 4 atom stereocenters. The van der Waals surface area contributed by atoms with Gasteiger partial charge in [-0.15, -0.1) is 0 Å². The predicted molar refractivity (Wildman–Crippen MR) is 115 cm³/mol. The van der Waals surface area contributed by atoms with Crippen LogP contribution >= 0.6 is 0 Å². The number of esters is 1. The molecule has 3 aliphatic heterocycles. The minimum absolute atomic E-state index is 0.0955. The van der Waals surface area contributed by atoms with E-state index in [9.17, 15) is 14.4 Å². The number of amides is 2. The fourth-order valence-electron chi connectivity index (χ4n) is 4.53. The van der Waals surface area contributed by atoms with Crippen LogP contribution in [0.2, 0.25) is 0 Å². The molecule has 0 aromatic heterocycles. The van der Waals surface area contributed by atoms with E-state index in [0.717, 1.165) is 11.3 Å². The van der Waals surface area contributed by atoms with Crippen LogP contribution in [0.25, 0.3) is 0 Å². The van der Waals surface area contributed by atoms with Gasteiger partial charge in [-0.2, -0.15) is 10.2 Å². The van der Waals surface area contributed by atoms with E-state index in [1.807, 2.05) is 31.2 Å². The Bertz CT molecular complexity index is 1160. The Morgan fingerprint density at radius 2 is 1.66 bits per heavy atom. The molecule has 2 aromatic rings. The van der Waals surface area contributed by atoms with Crippen LogP contribution in [0.5, 0.6) is 0 Å². The highest BCUT2D eigenvalue weighted by molar-refractivity contribution is 6.23. The number of ether oxygens (including phenoxy) is 2. The van der Waals surface area contributed by atoms with Gasteiger partial charge >= 0.3 is 5.97 Å². The summed E-state index contributed by atoms with van der Waals surface area (Å²) in [6.45, 7) is 3.20. The van der Waals surface area contributed by atoms with E-state index in [0.29, 0.717) is 11.4 Å². The van der Waals surface area contributed by atoms with Crippen LogP contribution in [-0.4, -0.2) is 36.1 Å². The molecular formula is C24H21N3O5. The van der Waals surface area contributed by atoms with Gasteiger partial charge in [-0.3, -0.25) is 14.4 Å². The number of azo groups is 1. The molecule has 2 amide bonds. The second-order valence-corrected chi connectivity index (χ2v) is 8.24. The number of nitrogens with zero attached hydrogens (tertiary/aromatic N) is 3. The topological polar surface area (TPSA) is 97.6 Å². The average molecular weight is 431 g/mol. The Labute approximate surface area is 184 Å². The maximum atomic E-state index is 13.3. The lowest BCUT2D eigenvalue weighted by molar-refractivity contribution is -0.150. The van der Waals surface area contributed by atoms with Crippen molar-refractivity contribution in [3.8, 4) is 0 Å². The summed E-state index contributed by atoms with van der Waals surface area (Å²) in [6, 6.07) is 14.4. The second-order valence-electron chi connectivity index (χ2n) is 8.24. The van der Waals surface area contributed by atoms with Gasteiger partial charge in [0.25, 0.3) is 0 Å². The van der Waals surface area contributed by atoms with Crippen LogP contribution in [0.15, 0.2) is 70.9 Å². The molecule has 0 radical (unpaired) electrons. The van der Waals surface area contributed by atoms with Gasteiger partial charge in [0, 0.05) is 6.92 Å². The first kappa shape index (κ1) is 20.3. The molecule has 8 heteroatoms. The largest absolute Gasteiger partial charge is 0.462 e. The lowest BCUT2D eigenvalue weighted by Gasteiger charge is -2.28. The minimum atomic E-state index is -1.09. The zero-order valence-electron chi connectivity index (χ0n) is 17.6. The van der Waals surface area contributed by atoms with Crippen molar-refractivity contribution < 1.29 is 23.9 Å². The van der Waals surface area contributed by atoms with E-state index >= 15 is 0 Å². The average Bonchev–Trinajstić information content (AvgIpc) is 3.43. The molecule has 3 aliphatic rings. The van der Waals surface area contributed by atoms with Gasteiger partial charge in [0.1, 0.15) is 12.2 Å². The summed E-state index contributed by atoms with van der Waals surface area (Å²) in [5.41, 5.74) is 1.85. The first-order chi connectivity index (χ1) is 15.4. The van der Waals surface area contributed by atoms with Gasteiger partial charge in [0.05, 0.1) is 35.0 Å². The van der Waals surface area contributed by atoms with E-state index in [4.69, 9.17) is 9.47 Å². The van der Waals surface area contributed by atoms with Crippen LogP contribution in [0.4, 0.5) is 17.1 Å². The van der Waals surface area contributed by atoms with Crippen molar-refractivity contribution in [1.29, 1.82) is 0 Å². The monoisotopic (exact) mass is 431 g/mol. The van der Waals surface area contributed by atoms with Crippen molar-refractivity contribution >= 4 is 34.8 Å². The van der Waals surface area contributed by atoms with Crippen LogP contribution in [0, 0.1) is 18.8 Å². The molecule has 2 saturated heterocycles. The van der Waals surface area contributed by atoms with E-state index in [1.165, 1.54) is 11.8 Å². The van der Waals surface area contributed by atoms with E-state index in [1.54, 1.807) is 36.4 Å². The first-order valence-corrected chi connectivity index (χ1v) is 10.3. The number of hydrogen-bond acceptors (Lipinski definition) is 7. The third kappa shape index (κ3) is 3.23. The predicted octanol–water partition coefficient (Wildman–Crippen LogP) is 3.79. The lowest BCUT2D eigenvalue weighted by Crippen LogP contribution is -2.44. The second kappa shape index (κ2) is 7.49. The Morgan fingerprint density at radius 1 is 1.03 bits per heavy atom. The Balaban J connectivity index is 1.36. The molecule has 2 aromatic carbocycles. The zero-order valence-corrected chi connectivity index (χ0v) is 17.6. The fraction of sp³-hybridized carbons (Fsp3) is 0.292. The molecule has 8 nitrogen and oxygen atoms in total. The van der Waals surface area contributed by atoms with Gasteiger partial charge in [-0.05, 0) is 49.4 Å². The number of benzene rings is 2. The van der Waals surface area contributed by atoms with Crippen molar-refractivity contribution in [2.24, 2.45) is 22.1 Å². The number of aryl methyl sites for hydroxylation is 1. The van der Waals surface area contributed by atoms with Crippen molar-refractivity contribution in [3.05, 3.63) is 66.2 Å².